The molecule has 0 spiro atoms. The second-order valence-electron chi connectivity index (χ2n) is 4.13. The maximum atomic E-state index is 6.18. The Morgan fingerprint density at radius 1 is 1.06 bits per heavy atom. The van der Waals surface area contributed by atoms with E-state index in [1.807, 2.05) is 12.1 Å². The molecule has 1 aromatic rings. The number of benzene rings is 1. The molecule has 0 atom stereocenters. The summed E-state index contributed by atoms with van der Waals surface area (Å²) in [5, 5.41) is 0.593. The van der Waals surface area contributed by atoms with Gasteiger partial charge < -0.3 is 15.2 Å². The quantitative estimate of drug-likeness (QED) is 0.788. The van der Waals surface area contributed by atoms with E-state index >= 15 is 0 Å². The molecule has 3 nitrogen and oxygen atoms in total. The molecular formula is C14H22ClNO2. The Bertz CT molecular complexity index is 369. The number of nitrogens with two attached hydrogens (primary N) is 1. The van der Waals surface area contributed by atoms with Crippen molar-refractivity contribution in [1.29, 1.82) is 0 Å². The van der Waals surface area contributed by atoms with Gasteiger partial charge >= 0.3 is 0 Å². The predicted octanol–water partition coefficient (Wildman–Crippen LogP) is 3.42. The monoisotopic (exact) mass is 271 g/mol. The summed E-state index contributed by atoms with van der Waals surface area (Å²) < 4.78 is 11.3. The highest BCUT2D eigenvalue weighted by molar-refractivity contribution is 6.32. The lowest BCUT2D eigenvalue weighted by atomic mass is 10.1. The Balaban J connectivity index is 2.92. The van der Waals surface area contributed by atoms with Crippen molar-refractivity contribution in [3.63, 3.8) is 0 Å². The minimum absolute atomic E-state index is 0.581. The Kier molecular flexibility index (Phi) is 6.91. The second kappa shape index (κ2) is 8.22. The molecular weight excluding hydrogens is 250 g/mol. The fourth-order valence-corrected chi connectivity index (χ4v) is 1.81. The van der Waals surface area contributed by atoms with E-state index in [1.54, 1.807) is 0 Å². The van der Waals surface area contributed by atoms with E-state index in [0.717, 1.165) is 30.6 Å². The van der Waals surface area contributed by atoms with Gasteiger partial charge in [0.15, 0.2) is 0 Å². The summed E-state index contributed by atoms with van der Waals surface area (Å²) in [4.78, 5) is 0. The summed E-state index contributed by atoms with van der Waals surface area (Å²) >= 11 is 6.18. The lowest BCUT2D eigenvalue weighted by molar-refractivity contribution is 0.306. The van der Waals surface area contributed by atoms with E-state index in [2.05, 4.69) is 13.8 Å². The number of rotatable bonds is 8. The minimum atomic E-state index is 0.581. The van der Waals surface area contributed by atoms with Gasteiger partial charge in [-0.3, -0.25) is 0 Å². The first-order valence-electron chi connectivity index (χ1n) is 6.51. The standard InChI is InChI=1S/C14H22ClNO2/c1-3-7-17-13-10-12(15)14(18-8-4-2)9-11(13)5-6-16/h9-10H,3-8,16H2,1-2H3. The van der Waals surface area contributed by atoms with Crippen LogP contribution in [-0.4, -0.2) is 19.8 Å². The van der Waals surface area contributed by atoms with Crippen molar-refractivity contribution in [3.05, 3.63) is 22.7 Å². The molecule has 2 N–H and O–H groups in total. The average molecular weight is 272 g/mol. The van der Waals surface area contributed by atoms with Crippen LogP contribution in [0, 0.1) is 0 Å². The summed E-state index contributed by atoms with van der Waals surface area (Å²) in [5.41, 5.74) is 6.67. The lowest BCUT2D eigenvalue weighted by Crippen LogP contribution is -2.07. The molecule has 0 unspecified atom stereocenters. The van der Waals surface area contributed by atoms with Crippen LogP contribution in [0.15, 0.2) is 12.1 Å². The molecule has 0 fully saturated rings. The molecule has 1 rings (SSSR count). The Labute approximate surface area is 114 Å². The van der Waals surface area contributed by atoms with Gasteiger partial charge in [0.1, 0.15) is 11.5 Å². The first kappa shape index (κ1) is 15.1. The fourth-order valence-electron chi connectivity index (χ4n) is 1.60. The summed E-state index contributed by atoms with van der Waals surface area (Å²) in [5.74, 6) is 1.53. The number of hydrogen-bond acceptors (Lipinski definition) is 3. The Morgan fingerprint density at radius 2 is 1.67 bits per heavy atom. The zero-order valence-corrected chi connectivity index (χ0v) is 11.9. The normalized spacial score (nSPS) is 10.4. The van der Waals surface area contributed by atoms with E-state index in [0.29, 0.717) is 30.5 Å². The van der Waals surface area contributed by atoms with Gasteiger partial charge in [-0.1, -0.05) is 25.4 Å². The maximum Gasteiger partial charge on any atom is 0.138 e. The van der Waals surface area contributed by atoms with Crippen LogP contribution >= 0.6 is 11.6 Å². The van der Waals surface area contributed by atoms with Crippen molar-refractivity contribution in [2.24, 2.45) is 5.73 Å². The molecule has 0 amide bonds. The van der Waals surface area contributed by atoms with Gasteiger partial charge in [0.05, 0.1) is 18.2 Å². The summed E-state index contributed by atoms with van der Waals surface area (Å²) in [6.07, 6.45) is 2.68. The number of ether oxygens (including phenoxy) is 2. The van der Waals surface area contributed by atoms with E-state index in [1.165, 1.54) is 0 Å². The van der Waals surface area contributed by atoms with Crippen LogP contribution in [0.1, 0.15) is 32.3 Å². The predicted molar refractivity (Wildman–Crippen MR) is 75.8 cm³/mol. The van der Waals surface area contributed by atoms with Gasteiger partial charge in [-0.05, 0) is 37.4 Å². The molecule has 0 aliphatic carbocycles. The molecule has 0 bridgehead atoms. The van der Waals surface area contributed by atoms with Gasteiger partial charge in [-0.15, -0.1) is 0 Å². The van der Waals surface area contributed by atoms with Crippen LogP contribution in [0.3, 0.4) is 0 Å². The van der Waals surface area contributed by atoms with Crippen LogP contribution in [0.5, 0.6) is 11.5 Å². The van der Waals surface area contributed by atoms with E-state index in [-0.39, 0.29) is 0 Å². The van der Waals surface area contributed by atoms with E-state index in [9.17, 15) is 0 Å². The first-order chi connectivity index (χ1) is 8.72. The molecule has 0 aromatic heterocycles. The topological polar surface area (TPSA) is 44.5 Å². The third kappa shape index (κ3) is 4.39. The number of hydrogen-bond donors (Lipinski definition) is 1. The van der Waals surface area contributed by atoms with E-state index in [4.69, 9.17) is 26.8 Å². The largest absolute Gasteiger partial charge is 0.493 e. The van der Waals surface area contributed by atoms with E-state index < -0.39 is 0 Å². The summed E-state index contributed by atoms with van der Waals surface area (Å²) in [6.45, 7) is 6.06. The van der Waals surface area contributed by atoms with Crippen LogP contribution in [-0.2, 0) is 6.42 Å². The first-order valence-corrected chi connectivity index (χ1v) is 6.88. The number of halogens is 1. The van der Waals surface area contributed by atoms with Crippen molar-refractivity contribution in [3.8, 4) is 11.5 Å². The summed E-state index contributed by atoms with van der Waals surface area (Å²) in [7, 11) is 0. The molecule has 0 aliphatic rings. The van der Waals surface area contributed by atoms with Crippen molar-refractivity contribution in [2.45, 2.75) is 33.1 Å². The molecule has 0 saturated carbocycles. The van der Waals surface area contributed by atoms with Crippen LogP contribution in [0.25, 0.3) is 0 Å². The van der Waals surface area contributed by atoms with Crippen molar-refractivity contribution < 1.29 is 9.47 Å². The van der Waals surface area contributed by atoms with Gasteiger partial charge in [0, 0.05) is 6.07 Å². The molecule has 102 valence electrons. The average Bonchev–Trinajstić information content (AvgIpc) is 2.37. The molecule has 0 aliphatic heterocycles. The summed E-state index contributed by atoms with van der Waals surface area (Å²) in [6, 6.07) is 3.77. The van der Waals surface area contributed by atoms with Crippen molar-refractivity contribution in [1.82, 2.24) is 0 Å². The van der Waals surface area contributed by atoms with Crippen molar-refractivity contribution >= 4 is 11.6 Å². The molecule has 0 radical (unpaired) electrons. The van der Waals surface area contributed by atoms with Crippen LogP contribution in [0.2, 0.25) is 5.02 Å². The SMILES string of the molecule is CCCOc1cc(CCN)c(OCCC)cc1Cl. The second-order valence-corrected chi connectivity index (χ2v) is 4.53. The van der Waals surface area contributed by atoms with Gasteiger partial charge in [-0.2, -0.15) is 0 Å². The molecule has 0 saturated heterocycles. The zero-order valence-electron chi connectivity index (χ0n) is 11.2. The van der Waals surface area contributed by atoms with Crippen LogP contribution in [0.4, 0.5) is 0 Å². The van der Waals surface area contributed by atoms with Gasteiger partial charge in [0.2, 0.25) is 0 Å². The highest BCUT2D eigenvalue weighted by Crippen LogP contribution is 2.33. The third-order valence-electron chi connectivity index (χ3n) is 2.45. The third-order valence-corrected chi connectivity index (χ3v) is 2.75. The highest BCUT2D eigenvalue weighted by Gasteiger charge is 2.10. The van der Waals surface area contributed by atoms with Gasteiger partial charge in [0.25, 0.3) is 0 Å². The Morgan fingerprint density at radius 3 is 2.22 bits per heavy atom. The Hall–Kier alpha value is -0.930. The smallest absolute Gasteiger partial charge is 0.138 e. The zero-order chi connectivity index (χ0) is 13.4. The maximum absolute atomic E-state index is 6.18. The van der Waals surface area contributed by atoms with Crippen molar-refractivity contribution in [2.75, 3.05) is 19.8 Å². The lowest BCUT2D eigenvalue weighted by Gasteiger charge is -2.14. The minimum Gasteiger partial charge on any atom is -0.493 e. The molecule has 0 heterocycles. The fraction of sp³-hybridized carbons (Fsp3) is 0.571. The molecule has 1 aromatic carbocycles. The molecule has 18 heavy (non-hydrogen) atoms. The highest BCUT2D eigenvalue weighted by atomic mass is 35.5. The van der Waals surface area contributed by atoms with Gasteiger partial charge in [-0.25, -0.2) is 0 Å². The molecule has 4 heteroatoms. The van der Waals surface area contributed by atoms with Crippen LogP contribution < -0.4 is 15.2 Å².